The molecule has 1 heterocycles. The van der Waals surface area contributed by atoms with Crippen molar-refractivity contribution < 1.29 is 5.11 Å². The number of rotatable bonds is 2. The normalized spacial score (nSPS) is 10.3. The molecule has 0 bridgehead atoms. The van der Waals surface area contributed by atoms with Gasteiger partial charge in [-0.2, -0.15) is 0 Å². The maximum absolute atomic E-state index is 11.8. The second kappa shape index (κ2) is 4.23. The van der Waals surface area contributed by atoms with Crippen LogP contribution < -0.4 is 5.56 Å². The van der Waals surface area contributed by atoms with Crippen molar-refractivity contribution in [3.05, 3.63) is 64.1 Å². The van der Waals surface area contributed by atoms with E-state index in [-0.39, 0.29) is 11.3 Å². The summed E-state index contributed by atoms with van der Waals surface area (Å²) in [7, 11) is 0. The summed E-state index contributed by atoms with van der Waals surface area (Å²) in [6, 6.07) is 11.3. The lowest BCUT2D eigenvalue weighted by atomic mass is 10.2. The molecule has 0 aliphatic carbocycles. The topological polar surface area (TPSA) is 42.2 Å². The Balaban J connectivity index is 2.37. The summed E-state index contributed by atoms with van der Waals surface area (Å²) in [6.45, 7) is 2.15. The van der Waals surface area contributed by atoms with Crippen LogP contribution in [0, 0.1) is 6.92 Å². The van der Waals surface area contributed by atoms with Crippen LogP contribution in [-0.4, -0.2) is 9.67 Å². The Bertz CT molecular complexity index is 544. The first-order chi connectivity index (χ1) is 7.68. The van der Waals surface area contributed by atoms with Crippen LogP contribution in [0.15, 0.2) is 47.4 Å². The van der Waals surface area contributed by atoms with Crippen LogP contribution in [0.4, 0.5) is 0 Å². The number of hydrogen-bond acceptors (Lipinski definition) is 2. The van der Waals surface area contributed by atoms with Gasteiger partial charge in [-0.15, -0.1) is 0 Å². The summed E-state index contributed by atoms with van der Waals surface area (Å²) in [4.78, 5) is 11.8. The molecule has 3 nitrogen and oxygen atoms in total. The molecular weight excluding hydrogens is 202 g/mol. The molecule has 0 radical (unpaired) electrons. The fourth-order valence-corrected chi connectivity index (χ4v) is 1.58. The molecule has 0 saturated carbocycles. The van der Waals surface area contributed by atoms with Gasteiger partial charge in [0.25, 0.3) is 5.56 Å². The molecule has 1 aromatic carbocycles. The Kier molecular flexibility index (Phi) is 2.77. The van der Waals surface area contributed by atoms with Crippen molar-refractivity contribution in [1.29, 1.82) is 0 Å². The van der Waals surface area contributed by atoms with Gasteiger partial charge in [0, 0.05) is 6.20 Å². The number of pyridine rings is 1. The largest absolute Gasteiger partial charge is 0.507 e. The lowest BCUT2D eigenvalue weighted by Crippen LogP contribution is -2.21. The second-order valence-corrected chi connectivity index (χ2v) is 3.74. The summed E-state index contributed by atoms with van der Waals surface area (Å²) < 4.78 is 1.59. The minimum absolute atomic E-state index is 0.0503. The van der Waals surface area contributed by atoms with Crippen molar-refractivity contribution >= 4 is 0 Å². The zero-order valence-electron chi connectivity index (χ0n) is 9.05. The first kappa shape index (κ1) is 10.5. The van der Waals surface area contributed by atoms with Gasteiger partial charge in [0.1, 0.15) is 5.75 Å². The molecule has 0 aliphatic heterocycles. The standard InChI is InChI=1S/C13H13NO2/c1-10-12(15)7-8-14(13(10)16)9-11-5-3-2-4-6-11/h2-8,15H,9H2,1H3. The minimum Gasteiger partial charge on any atom is -0.507 e. The van der Waals surface area contributed by atoms with Gasteiger partial charge in [-0.25, -0.2) is 0 Å². The van der Waals surface area contributed by atoms with Gasteiger partial charge in [-0.3, -0.25) is 4.79 Å². The Morgan fingerprint density at radius 3 is 2.56 bits per heavy atom. The third-order valence-corrected chi connectivity index (χ3v) is 2.57. The smallest absolute Gasteiger partial charge is 0.257 e. The van der Waals surface area contributed by atoms with Crippen molar-refractivity contribution in [3.8, 4) is 5.75 Å². The van der Waals surface area contributed by atoms with Gasteiger partial charge in [-0.1, -0.05) is 30.3 Å². The monoisotopic (exact) mass is 215 g/mol. The van der Waals surface area contributed by atoms with Crippen molar-refractivity contribution in [2.24, 2.45) is 0 Å². The van der Waals surface area contributed by atoms with Crippen molar-refractivity contribution in [3.63, 3.8) is 0 Å². The summed E-state index contributed by atoms with van der Waals surface area (Å²) in [5.74, 6) is 0.0503. The fraction of sp³-hybridized carbons (Fsp3) is 0.154. The third-order valence-electron chi connectivity index (χ3n) is 2.57. The number of aromatic nitrogens is 1. The molecule has 2 aromatic rings. The maximum Gasteiger partial charge on any atom is 0.257 e. The van der Waals surface area contributed by atoms with Gasteiger partial charge in [-0.05, 0) is 18.6 Å². The first-order valence-corrected chi connectivity index (χ1v) is 5.11. The lowest BCUT2D eigenvalue weighted by Gasteiger charge is -2.07. The predicted molar refractivity (Wildman–Crippen MR) is 62.6 cm³/mol. The van der Waals surface area contributed by atoms with Crippen LogP contribution in [0.2, 0.25) is 0 Å². The van der Waals surface area contributed by atoms with Gasteiger partial charge < -0.3 is 9.67 Å². The van der Waals surface area contributed by atoms with E-state index < -0.39 is 0 Å². The van der Waals surface area contributed by atoms with Crippen LogP contribution in [0.3, 0.4) is 0 Å². The van der Waals surface area contributed by atoms with Gasteiger partial charge in [0.2, 0.25) is 0 Å². The van der Waals surface area contributed by atoms with Gasteiger partial charge >= 0.3 is 0 Å². The molecule has 3 heteroatoms. The highest BCUT2D eigenvalue weighted by Gasteiger charge is 2.04. The predicted octanol–water partition coefficient (Wildman–Crippen LogP) is 1.91. The van der Waals surface area contributed by atoms with Crippen LogP contribution in [0.5, 0.6) is 5.75 Å². The zero-order chi connectivity index (χ0) is 11.5. The zero-order valence-corrected chi connectivity index (χ0v) is 9.05. The quantitative estimate of drug-likeness (QED) is 0.831. The highest BCUT2D eigenvalue weighted by molar-refractivity contribution is 5.28. The number of hydrogen-bond donors (Lipinski definition) is 1. The Morgan fingerprint density at radius 1 is 1.19 bits per heavy atom. The van der Waals surface area contributed by atoms with Gasteiger partial charge in [0.05, 0.1) is 12.1 Å². The number of benzene rings is 1. The Labute approximate surface area is 93.6 Å². The van der Waals surface area contributed by atoms with E-state index in [1.165, 1.54) is 0 Å². The van der Waals surface area contributed by atoms with Crippen molar-refractivity contribution in [2.75, 3.05) is 0 Å². The van der Waals surface area contributed by atoms with Crippen LogP contribution in [0.1, 0.15) is 11.1 Å². The SMILES string of the molecule is Cc1c(O)ccn(Cc2ccccc2)c1=O. The third kappa shape index (κ3) is 1.98. The maximum atomic E-state index is 11.8. The van der Waals surface area contributed by atoms with E-state index in [0.29, 0.717) is 12.1 Å². The lowest BCUT2D eigenvalue weighted by molar-refractivity contribution is 0.466. The first-order valence-electron chi connectivity index (χ1n) is 5.11. The molecule has 82 valence electrons. The van der Waals surface area contributed by atoms with Crippen LogP contribution in [0.25, 0.3) is 0 Å². The number of nitrogens with zero attached hydrogens (tertiary/aromatic N) is 1. The summed E-state index contributed by atoms with van der Waals surface area (Å²) in [5, 5.41) is 9.38. The Morgan fingerprint density at radius 2 is 1.88 bits per heavy atom. The average molecular weight is 215 g/mol. The summed E-state index contributed by atoms with van der Waals surface area (Å²) in [6.07, 6.45) is 1.61. The minimum atomic E-state index is -0.149. The van der Waals surface area contributed by atoms with E-state index in [1.807, 2.05) is 30.3 Å². The van der Waals surface area contributed by atoms with E-state index in [2.05, 4.69) is 0 Å². The molecule has 0 spiro atoms. The van der Waals surface area contributed by atoms with Crippen molar-refractivity contribution in [2.45, 2.75) is 13.5 Å². The molecule has 0 saturated heterocycles. The molecule has 16 heavy (non-hydrogen) atoms. The van der Waals surface area contributed by atoms with E-state index in [4.69, 9.17) is 0 Å². The highest BCUT2D eigenvalue weighted by Crippen LogP contribution is 2.10. The summed E-state index contributed by atoms with van der Waals surface area (Å²) in [5.41, 5.74) is 1.30. The molecule has 0 aliphatic rings. The molecule has 1 aromatic heterocycles. The molecule has 0 fully saturated rings. The number of aromatic hydroxyl groups is 1. The van der Waals surface area contributed by atoms with Crippen LogP contribution in [-0.2, 0) is 6.54 Å². The molecule has 0 unspecified atom stereocenters. The Hall–Kier alpha value is -2.03. The van der Waals surface area contributed by atoms with Crippen LogP contribution >= 0.6 is 0 Å². The molecule has 1 N–H and O–H groups in total. The molecule has 2 rings (SSSR count). The van der Waals surface area contributed by atoms with E-state index in [0.717, 1.165) is 5.56 Å². The van der Waals surface area contributed by atoms with E-state index >= 15 is 0 Å². The van der Waals surface area contributed by atoms with E-state index in [9.17, 15) is 9.90 Å². The molecule has 0 atom stereocenters. The molecular formula is C13H13NO2. The second-order valence-electron chi connectivity index (χ2n) is 3.74. The molecule has 0 amide bonds. The highest BCUT2D eigenvalue weighted by atomic mass is 16.3. The average Bonchev–Trinajstić information content (AvgIpc) is 2.31. The van der Waals surface area contributed by atoms with Crippen molar-refractivity contribution in [1.82, 2.24) is 4.57 Å². The van der Waals surface area contributed by atoms with Gasteiger partial charge in [0.15, 0.2) is 0 Å². The fourth-order valence-electron chi connectivity index (χ4n) is 1.58. The summed E-state index contributed by atoms with van der Waals surface area (Å²) >= 11 is 0. The van der Waals surface area contributed by atoms with E-state index in [1.54, 1.807) is 23.8 Å².